The number of phenolic OH excluding ortho intramolecular Hbond substituents is 1. The highest BCUT2D eigenvalue weighted by molar-refractivity contribution is 5.74. The van der Waals surface area contributed by atoms with Crippen LogP contribution in [0.1, 0.15) is 38.3 Å². The van der Waals surface area contributed by atoms with E-state index >= 15 is 0 Å². The molecule has 37 heavy (non-hydrogen) atoms. The van der Waals surface area contributed by atoms with Crippen molar-refractivity contribution in [3.63, 3.8) is 0 Å². The summed E-state index contributed by atoms with van der Waals surface area (Å²) in [4.78, 5) is 11.6. The first kappa shape index (κ1) is 24.8. The van der Waals surface area contributed by atoms with E-state index in [0.717, 1.165) is 62.8 Å². The Hall–Kier alpha value is -3.83. The number of likely N-dealkylation sites (tertiary alicyclic amines) is 1. The molecule has 0 saturated carbocycles. The molecule has 1 aromatic carbocycles. The molecule has 2 fully saturated rings. The number of aromatic hydroxyl groups is 1. The van der Waals surface area contributed by atoms with Gasteiger partial charge in [-0.25, -0.2) is 4.98 Å². The molecule has 2 aromatic heterocycles. The van der Waals surface area contributed by atoms with Crippen LogP contribution in [-0.4, -0.2) is 70.5 Å². The Morgan fingerprint density at radius 3 is 2.68 bits per heavy atom. The Morgan fingerprint density at radius 2 is 1.84 bits per heavy atom. The van der Waals surface area contributed by atoms with Crippen LogP contribution >= 0.6 is 0 Å². The van der Waals surface area contributed by atoms with Gasteiger partial charge in [0.15, 0.2) is 5.82 Å². The van der Waals surface area contributed by atoms with Crippen LogP contribution in [0.15, 0.2) is 48.7 Å². The molecule has 192 valence electrons. The molecule has 2 aliphatic heterocycles. The number of hydrogen-bond acceptors (Lipinski definition) is 8. The maximum absolute atomic E-state index is 10.3. The summed E-state index contributed by atoms with van der Waals surface area (Å²) in [7, 11) is 0. The smallest absolute Gasteiger partial charge is 0.169 e. The summed E-state index contributed by atoms with van der Waals surface area (Å²) in [5.41, 5.74) is 10.3. The number of para-hydroxylation sites is 1. The summed E-state index contributed by atoms with van der Waals surface area (Å²) in [6, 6.07) is 13.6. The number of nitrogens with two attached hydrogens (primary N) is 1. The summed E-state index contributed by atoms with van der Waals surface area (Å²) < 4.78 is 0. The van der Waals surface area contributed by atoms with Crippen LogP contribution < -0.4 is 15.5 Å². The molecule has 0 aliphatic carbocycles. The Labute approximate surface area is 219 Å². The van der Waals surface area contributed by atoms with E-state index in [1.165, 1.54) is 19.3 Å². The van der Waals surface area contributed by atoms with Gasteiger partial charge in [-0.1, -0.05) is 24.5 Å². The molecule has 3 aromatic rings. The van der Waals surface area contributed by atoms with Gasteiger partial charge in [-0.3, -0.25) is 4.90 Å². The Balaban J connectivity index is 1.30. The van der Waals surface area contributed by atoms with Crippen molar-refractivity contribution in [2.75, 3.05) is 54.8 Å². The molecule has 4 heterocycles. The lowest BCUT2D eigenvalue weighted by atomic mass is 10.1. The van der Waals surface area contributed by atoms with Crippen molar-refractivity contribution in [2.45, 2.75) is 38.6 Å². The van der Waals surface area contributed by atoms with Gasteiger partial charge in [-0.15, -0.1) is 10.2 Å². The van der Waals surface area contributed by atoms with Gasteiger partial charge in [0.1, 0.15) is 11.4 Å². The zero-order valence-corrected chi connectivity index (χ0v) is 21.5. The van der Waals surface area contributed by atoms with Gasteiger partial charge in [0, 0.05) is 43.1 Å². The lowest BCUT2D eigenvalue weighted by molar-refractivity contribution is 0.255. The summed E-state index contributed by atoms with van der Waals surface area (Å²) in [5, 5.41) is 18.7. The van der Waals surface area contributed by atoms with Gasteiger partial charge in [-0.05, 0) is 75.5 Å². The van der Waals surface area contributed by atoms with Gasteiger partial charge in [0.25, 0.3) is 0 Å². The second-order valence-corrected chi connectivity index (χ2v) is 9.87. The molecule has 8 nitrogen and oxygen atoms in total. The monoisotopic (exact) mass is 497 g/mol. The normalized spacial score (nSPS) is 18.7. The summed E-state index contributed by atoms with van der Waals surface area (Å²) in [5.74, 6) is 7.18. The number of aromatic nitrogens is 3. The minimum atomic E-state index is 0.177. The topological polar surface area (TPSA) is 94.6 Å². The fourth-order valence-electron chi connectivity index (χ4n) is 5.18. The predicted molar refractivity (Wildman–Crippen MR) is 149 cm³/mol. The van der Waals surface area contributed by atoms with Crippen LogP contribution in [0.3, 0.4) is 0 Å². The standard InChI is InChI=1S/C29H35N7O/c1-22-12-17-35(27-21-26(32-33-29(27)30)25-9-3-4-10-28(25)37)18-19-36(22)24-11-13-31-23(20-24)8-7-16-34-14-5-2-6-15-34/h3-4,9-11,13,20-22,37H,2,5-6,12,14-19H2,1H3,(H2,30,33)/t22-/m1/s1. The summed E-state index contributed by atoms with van der Waals surface area (Å²) >= 11 is 0. The molecule has 0 spiro atoms. The molecule has 0 amide bonds. The van der Waals surface area contributed by atoms with E-state index in [1.807, 2.05) is 24.4 Å². The molecule has 8 heteroatoms. The van der Waals surface area contributed by atoms with Gasteiger partial charge in [-0.2, -0.15) is 0 Å². The number of rotatable bonds is 4. The van der Waals surface area contributed by atoms with Crippen molar-refractivity contribution < 1.29 is 5.11 Å². The van der Waals surface area contributed by atoms with Crippen molar-refractivity contribution in [2.24, 2.45) is 0 Å². The first-order chi connectivity index (χ1) is 18.1. The van der Waals surface area contributed by atoms with Gasteiger partial charge < -0.3 is 20.6 Å². The van der Waals surface area contributed by atoms with Gasteiger partial charge >= 0.3 is 0 Å². The average Bonchev–Trinajstić information content (AvgIpc) is 3.12. The summed E-state index contributed by atoms with van der Waals surface area (Å²) in [6.45, 7) is 7.84. The highest BCUT2D eigenvalue weighted by atomic mass is 16.3. The van der Waals surface area contributed by atoms with E-state index in [0.29, 0.717) is 23.1 Å². The number of piperidine rings is 1. The lowest BCUT2D eigenvalue weighted by Crippen LogP contribution is -2.35. The molecule has 0 radical (unpaired) electrons. The fourth-order valence-corrected chi connectivity index (χ4v) is 5.18. The number of anilines is 3. The van der Waals surface area contributed by atoms with E-state index < -0.39 is 0 Å². The molecular weight excluding hydrogens is 462 g/mol. The third kappa shape index (κ3) is 5.95. The number of nitrogen functional groups attached to an aromatic ring is 1. The average molecular weight is 498 g/mol. The van der Waals surface area contributed by atoms with Crippen molar-refractivity contribution >= 4 is 17.2 Å². The first-order valence-electron chi connectivity index (χ1n) is 13.2. The van der Waals surface area contributed by atoms with Crippen LogP contribution in [-0.2, 0) is 0 Å². The first-order valence-corrected chi connectivity index (χ1v) is 13.2. The molecule has 5 rings (SSSR count). The number of benzene rings is 1. The number of phenols is 1. The van der Waals surface area contributed by atoms with Gasteiger partial charge in [0.05, 0.1) is 17.9 Å². The van der Waals surface area contributed by atoms with Gasteiger partial charge in [0.2, 0.25) is 0 Å². The number of pyridine rings is 1. The van der Waals surface area contributed by atoms with Crippen molar-refractivity contribution in [1.82, 2.24) is 20.1 Å². The van der Waals surface area contributed by atoms with Crippen LogP contribution in [0.25, 0.3) is 11.3 Å². The molecule has 0 unspecified atom stereocenters. The Kier molecular flexibility index (Phi) is 7.71. The summed E-state index contributed by atoms with van der Waals surface area (Å²) in [6.07, 6.45) is 6.71. The van der Waals surface area contributed by atoms with Crippen LogP contribution in [0, 0.1) is 11.8 Å². The predicted octanol–water partition coefficient (Wildman–Crippen LogP) is 3.77. The van der Waals surface area contributed by atoms with E-state index in [1.54, 1.807) is 12.1 Å². The zero-order chi connectivity index (χ0) is 25.6. The maximum Gasteiger partial charge on any atom is 0.169 e. The van der Waals surface area contributed by atoms with Crippen LogP contribution in [0.5, 0.6) is 5.75 Å². The molecule has 3 N–H and O–H groups in total. The van der Waals surface area contributed by atoms with E-state index in [2.05, 4.69) is 60.8 Å². The zero-order valence-electron chi connectivity index (χ0n) is 21.5. The maximum atomic E-state index is 10.3. The largest absolute Gasteiger partial charge is 0.507 e. The Morgan fingerprint density at radius 1 is 1.00 bits per heavy atom. The lowest BCUT2D eigenvalue weighted by Gasteiger charge is -2.29. The number of nitrogens with zero attached hydrogens (tertiary/aromatic N) is 6. The van der Waals surface area contributed by atoms with E-state index in [-0.39, 0.29) is 5.75 Å². The SMILES string of the molecule is C[C@@H]1CCN(c2cc(-c3ccccc3O)nnc2N)CCN1c1ccnc(C#CCN2CCCCC2)c1. The van der Waals surface area contributed by atoms with Crippen molar-refractivity contribution in [3.8, 4) is 28.8 Å². The van der Waals surface area contributed by atoms with Crippen molar-refractivity contribution in [1.29, 1.82) is 0 Å². The minimum Gasteiger partial charge on any atom is -0.507 e. The van der Waals surface area contributed by atoms with Crippen LogP contribution in [0.4, 0.5) is 17.2 Å². The third-order valence-electron chi connectivity index (χ3n) is 7.32. The molecule has 2 saturated heterocycles. The van der Waals surface area contributed by atoms with E-state index in [4.69, 9.17) is 5.73 Å². The second kappa shape index (κ2) is 11.5. The highest BCUT2D eigenvalue weighted by Crippen LogP contribution is 2.32. The van der Waals surface area contributed by atoms with Crippen molar-refractivity contribution in [3.05, 3.63) is 54.4 Å². The highest BCUT2D eigenvalue weighted by Gasteiger charge is 2.24. The fraction of sp³-hybridized carbons (Fsp3) is 0.414. The second-order valence-electron chi connectivity index (χ2n) is 9.87. The Bertz CT molecular complexity index is 1280. The van der Waals surface area contributed by atoms with Crippen LogP contribution in [0.2, 0.25) is 0 Å². The minimum absolute atomic E-state index is 0.177. The number of hydrogen-bond donors (Lipinski definition) is 2. The molecule has 0 bridgehead atoms. The molecule has 2 aliphatic rings. The quantitative estimate of drug-likeness (QED) is 0.526. The molecule has 1 atom stereocenters. The third-order valence-corrected chi connectivity index (χ3v) is 7.32. The molecular formula is C29H35N7O. The van der Waals surface area contributed by atoms with E-state index in [9.17, 15) is 5.11 Å².